The van der Waals surface area contributed by atoms with Crippen LogP contribution in [0.25, 0.3) is 55.2 Å². The van der Waals surface area contributed by atoms with Crippen molar-refractivity contribution in [1.29, 1.82) is 0 Å². The lowest BCUT2D eigenvalue weighted by molar-refractivity contribution is 1.76. The molecular formula is C24H14. The van der Waals surface area contributed by atoms with E-state index >= 15 is 0 Å². The van der Waals surface area contributed by atoms with E-state index in [4.69, 9.17) is 0 Å². The Morgan fingerprint density at radius 2 is 1.21 bits per heavy atom. The van der Waals surface area contributed by atoms with Gasteiger partial charge in [0.25, 0.3) is 0 Å². The fourth-order valence-corrected chi connectivity index (χ4v) is 4.31. The van der Waals surface area contributed by atoms with Crippen LogP contribution in [-0.4, -0.2) is 0 Å². The topological polar surface area (TPSA) is 0 Å². The van der Waals surface area contributed by atoms with Gasteiger partial charge in [-0.05, 0) is 66.3 Å². The molecule has 0 unspecified atom stereocenters. The molecule has 0 N–H and O–H groups in total. The molecule has 5 aromatic carbocycles. The van der Waals surface area contributed by atoms with Gasteiger partial charge < -0.3 is 0 Å². The van der Waals surface area contributed by atoms with Crippen LogP contribution in [0.2, 0.25) is 0 Å². The van der Waals surface area contributed by atoms with Gasteiger partial charge >= 0.3 is 0 Å². The Hall–Kier alpha value is -3.12. The van der Waals surface area contributed by atoms with E-state index in [9.17, 15) is 0 Å². The van der Waals surface area contributed by atoms with Gasteiger partial charge in [0.1, 0.15) is 0 Å². The molecule has 24 heavy (non-hydrogen) atoms. The average molecular weight is 302 g/mol. The van der Waals surface area contributed by atoms with Crippen LogP contribution in [0, 0.1) is 0 Å². The van der Waals surface area contributed by atoms with Gasteiger partial charge in [0, 0.05) is 0 Å². The van der Waals surface area contributed by atoms with E-state index in [1.165, 1.54) is 54.2 Å². The Labute approximate surface area is 139 Å². The van der Waals surface area contributed by atoms with Crippen LogP contribution in [0.1, 0.15) is 11.1 Å². The summed E-state index contributed by atoms with van der Waals surface area (Å²) in [6.45, 7) is 0. The van der Waals surface area contributed by atoms with Crippen LogP contribution in [0.5, 0.6) is 0 Å². The highest BCUT2D eigenvalue weighted by molar-refractivity contribution is 6.26. The molecular weight excluding hydrogens is 288 g/mol. The third kappa shape index (κ3) is 1.43. The highest BCUT2D eigenvalue weighted by Crippen LogP contribution is 2.42. The molecule has 5 aromatic rings. The first-order valence-corrected chi connectivity index (χ1v) is 8.38. The normalized spacial score (nSPS) is 12.8. The van der Waals surface area contributed by atoms with Crippen molar-refractivity contribution < 1.29 is 0 Å². The molecule has 0 heterocycles. The summed E-state index contributed by atoms with van der Waals surface area (Å²) < 4.78 is 0. The van der Waals surface area contributed by atoms with Gasteiger partial charge in [-0.25, -0.2) is 0 Å². The minimum absolute atomic E-state index is 1.31. The van der Waals surface area contributed by atoms with Gasteiger partial charge in [-0.3, -0.25) is 0 Å². The summed E-state index contributed by atoms with van der Waals surface area (Å²) in [5.41, 5.74) is 2.72. The number of benzene rings is 5. The first-order chi connectivity index (χ1) is 11.9. The summed E-state index contributed by atoms with van der Waals surface area (Å²) in [4.78, 5) is 0. The SMILES string of the molecule is C1=Cc2c3c1cc1ccccc1c3cc1ccc3ccccc3c21. The average Bonchev–Trinajstić information content (AvgIpc) is 3.06. The number of hydrogen-bond acceptors (Lipinski definition) is 0. The van der Waals surface area contributed by atoms with Gasteiger partial charge in [0.05, 0.1) is 0 Å². The molecule has 0 bridgehead atoms. The van der Waals surface area contributed by atoms with Crippen LogP contribution in [0.4, 0.5) is 0 Å². The van der Waals surface area contributed by atoms with Crippen molar-refractivity contribution in [2.45, 2.75) is 0 Å². The van der Waals surface area contributed by atoms with Crippen molar-refractivity contribution in [3.05, 3.63) is 83.9 Å². The molecule has 0 aromatic heterocycles. The first kappa shape index (κ1) is 12.3. The highest BCUT2D eigenvalue weighted by Gasteiger charge is 2.16. The van der Waals surface area contributed by atoms with Crippen LogP contribution in [0.3, 0.4) is 0 Å². The Balaban J connectivity index is 1.96. The van der Waals surface area contributed by atoms with Crippen molar-refractivity contribution >= 4 is 55.2 Å². The number of fused-ring (bicyclic) bond motifs is 6. The standard InChI is InChI=1S/C24H14/c1-4-8-20-15(5-1)9-10-18-14-22-19-7-3-2-6-16(19)13-17-11-12-21(23(18)20)24(17)22/h1-14H. The minimum atomic E-state index is 1.31. The smallest absolute Gasteiger partial charge is 0.00257 e. The lowest BCUT2D eigenvalue weighted by Crippen LogP contribution is -1.86. The summed E-state index contributed by atoms with van der Waals surface area (Å²) >= 11 is 0. The maximum absolute atomic E-state index is 2.37. The monoisotopic (exact) mass is 302 g/mol. The summed E-state index contributed by atoms with van der Waals surface area (Å²) in [7, 11) is 0. The van der Waals surface area contributed by atoms with Crippen LogP contribution in [-0.2, 0) is 0 Å². The van der Waals surface area contributed by atoms with Crippen molar-refractivity contribution in [1.82, 2.24) is 0 Å². The van der Waals surface area contributed by atoms with Gasteiger partial charge in [-0.15, -0.1) is 0 Å². The molecule has 110 valence electrons. The Morgan fingerprint density at radius 3 is 2.12 bits per heavy atom. The molecule has 0 radical (unpaired) electrons. The number of hydrogen-bond donors (Lipinski definition) is 0. The Bertz CT molecular complexity index is 1340. The summed E-state index contributed by atoms with van der Waals surface area (Å²) in [5, 5.41) is 10.8. The molecule has 0 fully saturated rings. The predicted molar refractivity (Wildman–Crippen MR) is 105 cm³/mol. The van der Waals surface area contributed by atoms with Gasteiger partial charge in [-0.2, -0.15) is 0 Å². The minimum Gasteiger partial charge on any atom is -0.0616 e. The molecule has 0 heteroatoms. The second-order valence-corrected chi connectivity index (χ2v) is 6.62. The second kappa shape index (κ2) is 4.24. The van der Waals surface area contributed by atoms with E-state index in [1.54, 1.807) is 0 Å². The summed E-state index contributed by atoms with van der Waals surface area (Å²) in [6, 6.07) is 26.6. The maximum Gasteiger partial charge on any atom is -0.00257 e. The van der Waals surface area contributed by atoms with Crippen LogP contribution < -0.4 is 0 Å². The van der Waals surface area contributed by atoms with Gasteiger partial charge in [0.2, 0.25) is 0 Å². The molecule has 0 saturated carbocycles. The third-order valence-corrected chi connectivity index (χ3v) is 5.35. The van der Waals surface area contributed by atoms with Crippen molar-refractivity contribution in [2.24, 2.45) is 0 Å². The zero-order chi connectivity index (χ0) is 15.7. The molecule has 0 nitrogen and oxygen atoms in total. The maximum atomic E-state index is 2.37. The molecule has 1 aliphatic carbocycles. The fourth-order valence-electron chi connectivity index (χ4n) is 4.31. The van der Waals surface area contributed by atoms with E-state index in [0.29, 0.717) is 0 Å². The zero-order valence-electron chi connectivity index (χ0n) is 13.1. The quantitative estimate of drug-likeness (QED) is 0.214. The molecule has 0 amide bonds. The molecule has 0 aliphatic heterocycles. The predicted octanol–water partition coefficient (Wildman–Crippen LogP) is 6.78. The highest BCUT2D eigenvalue weighted by atomic mass is 14.2. The van der Waals surface area contributed by atoms with E-state index < -0.39 is 0 Å². The molecule has 1 aliphatic rings. The van der Waals surface area contributed by atoms with Crippen LogP contribution >= 0.6 is 0 Å². The molecule has 6 rings (SSSR count). The lowest BCUT2D eigenvalue weighted by atomic mass is 9.91. The second-order valence-electron chi connectivity index (χ2n) is 6.62. The van der Waals surface area contributed by atoms with Crippen LogP contribution in [0.15, 0.2) is 72.8 Å². The van der Waals surface area contributed by atoms with E-state index in [-0.39, 0.29) is 0 Å². The largest absolute Gasteiger partial charge is 0.0616 e. The summed E-state index contributed by atoms with van der Waals surface area (Å²) in [5.74, 6) is 0. The van der Waals surface area contributed by atoms with E-state index in [2.05, 4.69) is 84.9 Å². The Kier molecular flexibility index (Phi) is 2.18. The fraction of sp³-hybridized carbons (Fsp3) is 0. The Morgan fingerprint density at radius 1 is 0.458 bits per heavy atom. The zero-order valence-corrected chi connectivity index (χ0v) is 13.1. The van der Waals surface area contributed by atoms with E-state index in [1.807, 2.05) is 0 Å². The third-order valence-electron chi connectivity index (χ3n) is 5.35. The van der Waals surface area contributed by atoms with Gasteiger partial charge in [0.15, 0.2) is 0 Å². The van der Waals surface area contributed by atoms with Crippen molar-refractivity contribution in [3.63, 3.8) is 0 Å². The molecule has 0 atom stereocenters. The van der Waals surface area contributed by atoms with Crippen molar-refractivity contribution in [2.75, 3.05) is 0 Å². The lowest BCUT2D eigenvalue weighted by Gasteiger charge is -2.12. The number of rotatable bonds is 0. The first-order valence-electron chi connectivity index (χ1n) is 8.38. The molecule has 0 spiro atoms. The van der Waals surface area contributed by atoms with Gasteiger partial charge in [-0.1, -0.05) is 72.8 Å². The summed E-state index contributed by atoms with van der Waals surface area (Å²) in [6.07, 6.45) is 4.57. The van der Waals surface area contributed by atoms with Crippen molar-refractivity contribution in [3.8, 4) is 0 Å². The van der Waals surface area contributed by atoms with E-state index in [0.717, 1.165) is 0 Å². The molecule has 0 saturated heterocycles.